The predicted molar refractivity (Wildman–Crippen MR) is 99.9 cm³/mol. The van der Waals surface area contributed by atoms with Crippen LogP contribution in [0.3, 0.4) is 0 Å². The molecule has 0 fully saturated rings. The lowest BCUT2D eigenvalue weighted by molar-refractivity contribution is -0.144. The van der Waals surface area contributed by atoms with Crippen molar-refractivity contribution < 1.29 is 27.5 Å². The Kier molecular flexibility index (Phi) is 6.62. The Labute approximate surface area is 173 Å². The molecule has 3 heterocycles. The second-order valence-electron chi connectivity index (χ2n) is 6.42. The lowest BCUT2D eigenvalue weighted by Crippen LogP contribution is -2.24. The van der Waals surface area contributed by atoms with E-state index in [0.717, 1.165) is 0 Å². The molecule has 31 heavy (non-hydrogen) atoms. The van der Waals surface area contributed by atoms with E-state index in [9.17, 15) is 22.8 Å². The Balaban J connectivity index is 1.56. The highest BCUT2D eigenvalue weighted by Crippen LogP contribution is 2.21. The van der Waals surface area contributed by atoms with Crippen LogP contribution >= 0.6 is 0 Å². The fraction of sp³-hybridized carbons (Fsp3) is 0.333. The predicted octanol–water partition coefficient (Wildman–Crippen LogP) is 1.42. The number of rotatable bonds is 8. The quantitative estimate of drug-likeness (QED) is 0.546. The van der Waals surface area contributed by atoms with Crippen LogP contribution in [0.4, 0.5) is 13.2 Å². The minimum absolute atomic E-state index is 0.0215. The SMILES string of the molecule is COc1cncc(C(=O)NCc2cn3ncc(CNC(=O)CCC(F)(F)F)cc3n2)n1. The molecule has 0 radical (unpaired) electrons. The lowest BCUT2D eigenvalue weighted by atomic mass is 10.2. The van der Waals surface area contributed by atoms with Crippen molar-refractivity contribution in [1.82, 2.24) is 35.2 Å². The van der Waals surface area contributed by atoms with Crippen LogP contribution in [0, 0.1) is 0 Å². The largest absolute Gasteiger partial charge is 0.480 e. The van der Waals surface area contributed by atoms with E-state index in [1.165, 1.54) is 30.2 Å². The number of carbonyl (C=O) groups is 2. The maximum Gasteiger partial charge on any atom is 0.389 e. The first-order valence-electron chi connectivity index (χ1n) is 9.04. The molecular formula is C18H18F3N7O3. The Hall–Kier alpha value is -3.77. The van der Waals surface area contributed by atoms with Gasteiger partial charge in [-0.15, -0.1) is 0 Å². The third-order valence-corrected chi connectivity index (χ3v) is 4.04. The summed E-state index contributed by atoms with van der Waals surface area (Å²) in [5.74, 6) is -0.953. The maximum atomic E-state index is 12.2. The van der Waals surface area contributed by atoms with E-state index in [1.54, 1.807) is 12.3 Å². The molecule has 0 unspecified atom stereocenters. The van der Waals surface area contributed by atoms with Gasteiger partial charge in [-0.25, -0.2) is 14.5 Å². The summed E-state index contributed by atoms with van der Waals surface area (Å²) in [5, 5.41) is 9.22. The normalized spacial score (nSPS) is 11.4. The van der Waals surface area contributed by atoms with Gasteiger partial charge < -0.3 is 15.4 Å². The van der Waals surface area contributed by atoms with E-state index in [2.05, 4.69) is 30.7 Å². The third kappa shape index (κ3) is 6.35. The second-order valence-corrected chi connectivity index (χ2v) is 6.42. The highest BCUT2D eigenvalue weighted by atomic mass is 19.4. The van der Waals surface area contributed by atoms with Gasteiger partial charge >= 0.3 is 6.18 Å². The van der Waals surface area contributed by atoms with Crippen LogP contribution in [-0.2, 0) is 17.9 Å². The van der Waals surface area contributed by atoms with Gasteiger partial charge in [-0.05, 0) is 11.6 Å². The minimum atomic E-state index is -4.38. The number of amides is 2. The molecule has 0 bridgehead atoms. The van der Waals surface area contributed by atoms with Crippen molar-refractivity contribution in [1.29, 1.82) is 0 Å². The van der Waals surface area contributed by atoms with E-state index in [-0.39, 0.29) is 24.7 Å². The Morgan fingerprint density at radius 1 is 1.13 bits per heavy atom. The number of nitrogens with one attached hydrogen (secondary N) is 2. The molecule has 3 aromatic heterocycles. The molecule has 3 aromatic rings. The highest BCUT2D eigenvalue weighted by Gasteiger charge is 2.27. The summed E-state index contributed by atoms with van der Waals surface area (Å²) in [6.45, 7) is 0.123. The molecule has 13 heteroatoms. The van der Waals surface area contributed by atoms with Crippen molar-refractivity contribution in [2.75, 3.05) is 7.11 Å². The van der Waals surface area contributed by atoms with Crippen molar-refractivity contribution >= 4 is 17.5 Å². The zero-order chi connectivity index (χ0) is 22.4. The highest BCUT2D eigenvalue weighted by molar-refractivity contribution is 5.91. The molecule has 2 N–H and O–H groups in total. The van der Waals surface area contributed by atoms with Crippen LogP contribution in [0.1, 0.15) is 34.6 Å². The molecule has 0 aliphatic carbocycles. The van der Waals surface area contributed by atoms with Gasteiger partial charge in [0.2, 0.25) is 11.8 Å². The molecule has 0 atom stereocenters. The number of aromatic nitrogens is 5. The van der Waals surface area contributed by atoms with E-state index in [1.807, 2.05) is 0 Å². The van der Waals surface area contributed by atoms with Gasteiger partial charge in [0, 0.05) is 13.0 Å². The van der Waals surface area contributed by atoms with Crippen molar-refractivity contribution in [3.63, 3.8) is 0 Å². The number of carbonyl (C=O) groups excluding carboxylic acids is 2. The van der Waals surface area contributed by atoms with Crippen LogP contribution in [-0.4, -0.2) is 49.7 Å². The van der Waals surface area contributed by atoms with Gasteiger partial charge in [-0.3, -0.25) is 14.6 Å². The van der Waals surface area contributed by atoms with Crippen molar-refractivity contribution in [3.8, 4) is 5.88 Å². The molecule has 2 amide bonds. The summed E-state index contributed by atoms with van der Waals surface area (Å²) in [7, 11) is 1.41. The number of fused-ring (bicyclic) bond motifs is 1. The fourth-order valence-corrected chi connectivity index (χ4v) is 2.51. The van der Waals surface area contributed by atoms with E-state index >= 15 is 0 Å². The Bertz CT molecular complexity index is 1080. The van der Waals surface area contributed by atoms with E-state index in [0.29, 0.717) is 16.9 Å². The number of halogens is 3. The third-order valence-electron chi connectivity index (χ3n) is 4.04. The van der Waals surface area contributed by atoms with Crippen LogP contribution in [0.2, 0.25) is 0 Å². The number of imidazole rings is 1. The molecule has 10 nitrogen and oxygen atoms in total. The number of hydrogen-bond acceptors (Lipinski definition) is 7. The van der Waals surface area contributed by atoms with Gasteiger partial charge in [0.25, 0.3) is 5.91 Å². The van der Waals surface area contributed by atoms with Crippen molar-refractivity contribution in [2.24, 2.45) is 0 Å². The molecule has 0 aliphatic heterocycles. The van der Waals surface area contributed by atoms with E-state index < -0.39 is 30.8 Å². The maximum absolute atomic E-state index is 12.2. The minimum Gasteiger partial charge on any atom is -0.480 e. The van der Waals surface area contributed by atoms with Gasteiger partial charge in [-0.1, -0.05) is 0 Å². The Morgan fingerprint density at radius 2 is 1.94 bits per heavy atom. The summed E-state index contributed by atoms with van der Waals surface area (Å²) >= 11 is 0. The van der Waals surface area contributed by atoms with E-state index in [4.69, 9.17) is 4.74 Å². The number of methoxy groups -OCH3 is 1. The number of nitrogens with zero attached hydrogens (tertiary/aromatic N) is 5. The van der Waals surface area contributed by atoms with Gasteiger partial charge in [0.1, 0.15) is 5.69 Å². The lowest BCUT2D eigenvalue weighted by Gasteiger charge is -2.07. The zero-order valence-corrected chi connectivity index (χ0v) is 16.3. The molecule has 0 spiro atoms. The van der Waals surface area contributed by atoms with Crippen LogP contribution < -0.4 is 15.4 Å². The first-order valence-corrected chi connectivity index (χ1v) is 9.04. The number of ether oxygens (including phenoxy) is 1. The average molecular weight is 437 g/mol. The molecule has 0 saturated heterocycles. The van der Waals surface area contributed by atoms with Gasteiger partial charge in [0.15, 0.2) is 5.65 Å². The average Bonchev–Trinajstić information content (AvgIpc) is 3.16. The Morgan fingerprint density at radius 3 is 2.68 bits per heavy atom. The molecule has 0 saturated carbocycles. The van der Waals surface area contributed by atoms with Crippen LogP contribution in [0.15, 0.2) is 30.9 Å². The van der Waals surface area contributed by atoms with Gasteiger partial charge in [0.05, 0.1) is 50.6 Å². The number of hydrogen-bond donors (Lipinski definition) is 2. The van der Waals surface area contributed by atoms with Crippen LogP contribution in [0.25, 0.3) is 5.65 Å². The summed E-state index contributed by atoms with van der Waals surface area (Å²) < 4.78 is 42.9. The molecule has 0 aliphatic rings. The van der Waals surface area contributed by atoms with Gasteiger partial charge in [-0.2, -0.15) is 18.3 Å². The summed E-state index contributed by atoms with van der Waals surface area (Å²) in [4.78, 5) is 35.9. The first-order chi connectivity index (χ1) is 14.7. The summed E-state index contributed by atoms with van der Waals surface area (Å²) in [6, 6.07) is 1.63. The first kappa shape index (κ1) is 21.9. The topological polar surface area (TPSA) is 123 Å². The fourth-order valence-electron chi connectivity index (χ4n) is 2.51. The number of alkyl halides is 3. The van der Waals surface area contributed by atoms with Crippen LogP contribution in [0.5, 0.6) is 5.88 Å². The summed E-state index contributed by atoms with van der Waals surface area (Å²) in [6.07, 6.45) is -0.430. The van der Waals surface area contributed by atoms with Crippen molar-refractivity contribution in [3.05, 3.63) is 47.8 Å². The second kappa shape index (κ2) is 9.36. The zero-order valence-electron chi connectivity index (χ0n) is 16.3. The summed E-state index contributed by atoms with van der Waals surface area (Å²) in [5.41, 5.74) is 1.63. The molecular weight excluding hydrogens is 419 g/mol. The smallest absolute Gasteiger partial charge is 0.389 e. The monoisotopic (exact) mass is 437 g/mol. The molecule has 0 aromatic carbocycles. The molecule has 3 rings (SSSR count). The van der Waals surface area contributed by atoms with Crippen molar-refractivity contribution in [2.45, 2.75) is 32.1 Å². The standard InChI is InChI=1S/C18H18F3N7O3/c1-31-16-9-22-8-13(27-16)17(30)24-7-12-10-28-14(26-12)4-11(6-25-28)5-23-15(29)2-3-18(19,20)21/h4,6,8-10H,2-3,5,7H2,1H3,(H,23,29)(H,24,30). The molecule has 164 valence electrons.